The van der Waals surface area contributed by atoms with Gasteiger partial charge < -0.3 is 30.9 Å². The van der Waals surface area contributed by atoms with Gasteiger partial charge in [-0.15, -0.1) is 35.9 Å². The van der Waals surface area contributed by atoms with Crippen LogP contribution in [0.3, 0.4) is 0 Å². The first-order valence-electron chi connectivity index (χ1n) is 20.4. The minimum Gasteiger partial charge on any atom is -1.00 e. The van der Waals surface area contributed by atoms with Crippen LogP contribution >= 0.6 is 0 Å². The van der Waals surface area contributed by atoms with Gasteiger partial charge in [0, 0.05) is 40.7 Å². The molecule has 8 aromatic carbocycles. The van der Waals surface area contributed by atoms with Crippen LogP contribution in [0.25, 0.3) is 55.7 Å². The fourth-order valence-corrected chi connectivity index (χ4v) is 7.37. The number of hydrogen-bond acceptors (Lipinski definition) is 4. The minimum atomic E-state index is -0.245. The molecule has 1 aromatic heterocycles. The zero-order valence-corrected chi connectivity index (χ0v) is 37.4. The number of cyclic esters (lactones) is 1. The van der Waals surface area contributed by atoms with Gasteiger partial charge >= 0.3 is 29.0 Å². The molecule has 62 heavy (non-hydrogen) atoms. The average molecular weight is 886 g/mol. The van der Waals surface area contributed by atoms with Crippen LogP contribution in [0.4, 0.5) is 0 Å². The van der Waals surface area contributed by atoms with Gasteiger partial charge in [0.2, 0.25) is 0 Å². The van der Waals surface area contributed by atoms with E-state index in [4.69, 9.17) is 13.9 Å². The number of carbonyl (C=O) groups is 1. The molecule has 302 valence electrons. The van der Waals surface area contributed by atoms with E-state index in [2.05, 4.69) is 109 Å². The number of halogens is 1. The van der Waals surface area contributed by atoms with Gasteiger partial charge in [-0.1, -0.05) is 194 Å². The monoisotopic (exact) mass is 884 g/mol. The van der Waals surface area contributed by atoms with Gasteiger partial charge in [0.1, 0.15) is 11.5 Å². The molecule has 3 heterocycles. The fourth-order valence-electron chi connectivity index (χ4n) is 7.37. The Hall–Kier alpha value is -6.02. The third kappa shape index (κ3) is 11.3. The van der Waals surface area contributed by atoms with Crippen molar-refractivity contribution in [2.24, 2.45) is 0 Å². The van der Waals surface area contributed by atoms with Crippen molar-refractivity contribution in [3.05, 3.63) is 241 Å². The Bertz CT molecular complexity index is 2670. The number of furan rings is 1. The van der Waals surface area contributed by atoms with E-state index in [1.54, 1.807) is 6.07 Å². The Morgan fingerprint density at radius 3 is 1.52 bits per heavy atom. The molecule has 1 atom stereocenters. The predicted octanol–water partition coefficient (Wildman–Crippen LogP) is 11.0. The zero-order valence-electron chi connectivity index (χ0n) is 34.4. The van der Waals surface area contributed by atoms with E-state index in [0.29, 0.717) is 5.56 Å². The molecule has 0 aliphatic carbocycles. The van der Waals surface area contributed by atoms with Gasteiger partial charge in [0.05, 0.1) is 5.56 Å². The quantitative estimate of drug-likeness (QED) is 0.0982. The van der Waals surface area contributed by atoms with Crippen molar-refractivity contribution >= 4 is 39.8 Å². The molecule has 9 aromatic rings. The summed E-state index contributed by atoms with van der Waals surface area (Å²) >= 11 is 0. The van der Waals surface area contributed by atoms with E-state index in [0.717, 1.165) is 63.3 Å². The molecule has 6 heteroatoms. The number of rotatable bonds is 5. The molecular weight excluding hydrogens is 841 g/mol. The van der Waals surface area contributed by atoms with E-state index in [1.807, 2.05) is 109 Å². The Labute approximate surface area is 391 Å². The van der Waals surface area contributed by atoms with Gasteiger partial charge in [0.15, 0.2) is 6.10 Å². The number of esters is 1. The summed E-state index contributed by atoms with van der Waals surface area (Å²) in [4.78, 5) is 11.6. The van der Waals surface area contributed by atoms with E-state index in [9.17, 15) is 4.79 Å². The second-order valence-corrected chi connectivity index (χ2v) is 14.3. The van der Waals surface area contributed by atoms with E-state index < -0.39 is 0 Å². The molecule has 0 bridgehead atoms. The Kier molecular flexibility index (Phi) is 17.1. The van der Waals surface area contributed by atoms with Gasteiger partial charge in [0.25, 0.3) is 0 Å². The molecule has 2 aliphatic heterocycles. The van der Waals surface area contributed by atoms with Crippen molar-refractivity contribution in [3.8, 4) is 44.9 Å². The normalized spacial score (nSPS) is 13.2. The fraction of sp³-hybridized carbons (Fsp3) is 0.0893. The predicted molar refractivity (Wildman–Crippen MR) is 249 cm³/mol. The van der Waals surface area contributed by atoms with Crippen molar-refractivity contribution in [2.45, 2.75) is 18.9 Å². The molecular formula is C56H45BrMgO4. The molecule has 2 aliphatic rings. The molecule has 0 radical (unpaired) electrons. The van der Waals surface area contributed by atoms with Gasteiger partial charge in [-0.05, 0) is 35.6 Å². The standard InChI is InChI=1S/C26H18O.C14H10O2.C12H9.C4H8O.BrH.Mg/c1-3-11-19(12-4-1)21-15-7-8-16-22(21)26-24-18-10-9-17-23(24)25(27-26)20-13-5-2-6-14-20;15-14-12-9-5-4-8-11(12)13(16-14)10-6-2-1-3-7-10;1-3-7-11(8-4-1)12-9-5-2-6-10-12;1-2-4-5-3-1;;/h1-18H;1-9,13H;1-9H;1-4H2;1H;/q;;-1;;;+2/p-1. The van der Waals surface area contributed by atoms with Crippen LogP contribution < -0.4 is 17.0 Å². The minimum absolute atomic E-state index is 0. The summed E-state index contributed by atoms with van der Waals surface area (Å²) in [6.45, 7) is 2.00. The molecule has 1 saturated heterocycles. The third-order valence-electron chi connectivity index (χ3n) is 10.3. The molecule has 1 fully saturated rings. The van der Waals surface area contributed by atoms with E-state index in [1.165, 1.54) is 29.5 Å². The summed E-state index contributed by atoms with van der Waals surface area (Å²) in [5, 5.41) is 2.28. The van der Waals surface area contributed by atoms with Crippen LogP contribution in [0, 0.1) is 6.07 Å². The smallest absolute Gasteiger partial charge is 1.00 e. The summed E-state index contributed by atoms with van der Waals surface area (Å²) < 4.78 is 16.8. The first-order chi connectivity index (χ1) is 29.7. The molecule has 0 N–H and O–H groups in total. The van der Waals surface area contributed by atoms with E-state index in [-0.39, 0.29) is 52.1 Å². The summed E-state index contributed by atoms with van der Waals surface area (Å²) in [5.41, 5.74) is 9.60. The van der Waals surface area contributed by atoms with Crippen molar-refractivity contribution in [2.75, 3.05) is 13.2 Å². The van der Waals surface area contributed by atoms with Gasteiger partial charge in [-0.25, -0.2) is 4.79 Å². The topological polar surface area (TPSA) is 48.7 Å². The summed E-state index contributed by atoms with van der Waals surface area (Å²) in [6.07, 6.45) is 2.31. The van der Waals surface area contributed by atoms with Crippen LogP contribution in [0.2, 0.25) is 0 Å². The maximum atomic E-state index is 11.6. The third-order valence-corrected chi connectivity index (χ3v) is 10.3. The van der Waals surface area contributed by atoms with Crippen LogP contribution in [0.5, 0.6) is 0 Å². The van der Waals surface area contributed by atoms with Crippen LogP contribution in [0.1, 0.15) is 40.4 Å². The average Bonchev–Trinajstić information content (AvgIpc) is 4.13. The molecule has 1 unspecified atom stereocenters. The number of carbonyl (C=O) groups excluding carboxylic acids is 1. The van der Waals surface area contributed by atoms with Crippen LogP contribution in [-0.2, 0) is 9.47 Å². The second kappa shape index (κ2) is 23.3. The molecule has 0 saturated carbocycles. The largest absolute Gasteiger partial charge is 2.00 e. The molecule has 0 spiro atoms. The molecule has 0 amide bonds. The van der Waals surface area contributed by atoms with Crippen LogP contribution in [0.15, 0.2) is 223 Å². The SMILES string of the molecule is C1CCOC1.O=C1OC(c2ccccc2)c2ccccc21.[Br-].[Mg+2].[c-]1ccccc1-c1ccccc1.c1ccc(-c2ccccc2-c2oc(-c3ccccc3)c3ccccc23)cc1. The number of hydrogen-bond donors (Lipinski definition) is 0. The van der Waals surface area contributed by atoms with Gasteiger partial charge in [-0.3, -0.25) is 0 Å². The molecule has 11 rings (SSSR count). The van der Waals surface area contributed by atoms with E-state index >= 15 is 0 Å². The maximum absolute atomic E-state index is 11.6. The number of fused-ring (bicyclic) bond motifs is 2. The number of benzene rings is 8. The first-order valence-corrected chi connectivity index (χ1v) is 20.4. The Balaban J connectivity index is 0.000000156. The Morgan fingerprint density at radius 1 is 0.452 bits per heavy atom. The zero-order chi connectivity index (χ0) is 40.8. The van der Waals surface area contributed by atoms with Crippen LogP contribution in [-0.4, -0.2) is 42.2 Å². The summed E-state index contributed by atoms with van der Waals surface area (Å²) in [5.74, 6) is 1.61. The van der Waals surface area contributed by atoms with Crippen molar-refractivity contribution in [3.63, 3.8) is 0 Å². The molecule has 4 nitrogen and oxygen atoms in total. The van der Waals surface area contributed by atoms with Crippen molar-refractivity contribution < 1.29 is 35.7 Å². The first kappa shape index (κ1) is 45.5. The summed E-state index contributed by atoms with van der Waals surface area (Å²) in [6, 6.07) is 76.4. The number of ether oxygens (including phenoxy) is 2. The van der Waals surface area contributed by atoms with Crippen molar-refractivity contribution in [1.29, 1.82) is 0 Å². The van der Waals surface area contributed by atoms with Gasteiger partial charge in [-0.2, -0.15) is 0 Å². The second-order valence-electron chi connectivity index (χ2n) is 14.3. The maximum Gasteiger partial charge on any atom is 2.00 e. The summed E-state index contributed by atoms with van der Waals surface area (Å²) in [7, 11) is 0. The Morgan fingerprint density at radius 2 is 0.935 bits per heavy atom. The van der Waals surface area contributed by atoms with Crippen molar-refractivity contribution in [1.82, 2.24) is 0 Å².